The van der Waals surface area contributed by atoms with Gasteiger partial charge < -0.3 is 30.5 Å². The third kappa shape index (κ3) is 7.64. The number of carboxylic acid groups (broad SMARTS) is 1. The van der Waals surface area contributed by atoms with Crippen LogP contribution >= 0.6 is 11.6 Å². The Labute approximate surface area is 272 Å². The topological polar surface area (TPSA) is 245 Å². The van der Waals surface area contributed by atoms with Crippen molar-refractivity contribution >= 4 is 64.3 Å². The van der Waals surface area contributed by atoms with Crippen LogP contribution in [0.2, 0.25) is 5.02 Å². The Morgan fingerprint density at radius 1 is 1.17 bits per heavy atom. The fourth-order valence-electron chi connectivity index (χ4n) is 4.59. The monoisotopic (exact) mass is 665 g/mol. The van der Waals surface area contributed by atoms with Crippen molar-refractivity contribution < 1.29 is 33.8 Å². The lowest BCUT2D eigenvalue weighted by molar-refractivity contribution is -0.146. The van der Waals surface area contributed by atoms with Gasteiger partial charge in [-0.1, -0.05) is 11.6 Å². The molecule has 2 amide bonds. The number of imidazole rings is 1. The maximum atomic E-state index is 13.7. The van der Waals surface area contributed by atoms with E-state index in [4.69, 9.17) is 31.9 Å². The highest BCUT2D eigenvalue weighted by molar-refractivity contribution is 6.36. The summed E-state index contributed by atoms with van der Waals surface area (Å²) in [5, 5.41) is 35.6. The zero-order chi connectivity index (χ0) is 34.2. The molecule has 244 valence electrons. The summed E-state index contributed by atoms with van der Waals surface area (Å²) >= 11 is 6.94. The molecule has 3 heterocycles. The quantitative estimate of drug-likeness (QED) is 0.149. The molecule has 1 aromatic carbocycles. The van der Waals surface area contributed by atoms with E-state index >= 15 is 0 Å². The molecule has 4 N–H and O–H groups in total. The van der Waals surface area contributed by atoms with Gasteiger partial charge in [0.25, 0.3) is 5.95 Å². The van der Waals surface area contributed by atoms with Crippen molar-refractivity contribution in [1.29, 1.82) is 10.5 Å². The molecule has 18 nitrogen and oxygen atoms in total. The first kappa shape index (κ1) is 33.9. The molecular weight excluding hydrogens is 638 g/mol. The molecule has 0 saturated carbocycles. The van der Waals surface area contributed by atoms with Crippen LogP contribution in [0.1, 0.15) is 25.1 Å². The molecule has 0 aliphatic carbocycles. The van der Waals surface area contributed by atoms with Crippen LogP contribution in [0.4, 0.5) is 27.9 Å². The Balaban J connectivity index is 1.80. The van der Waals surface area contributed by atoms with Crippen LogP contribution in [-0.2, 0) is 23.9 Å². The lowest BCUT2D eigenvalue weighted by Gasteiger charge is -2.38. The van der Waals surface area contributed by atoms with E-state index in [1.165, 1.54) is 18.3 Å². The highest BCUT2D eigenvalue weighted by Crippen LogP contribution is 2.40. The number of halogens is 1. The highest BCUT2D eigenvalue weighted by atomic mass is 35.5. The number of nitrogens with one attached hydrogen (secondary N) is 1. The van der Waals surface area contributed by atoms with Crippen LogP contribution in [0.25, 0.3) is 5.65 Å². The fraction of sp³-hybridized carbons (Fsp3) is 0.321. The minimum absolute atomic E-state index is 0.00132. The van der Waals surface area contributed by atoms with Gasteiger partial charge in [-0.05, 0) is 26.0 Å². The normalized spacial score (nSPS) is 13.9. The summed E-state index contributed by atoms with van der Waals surface area (Å²) in [7, 11) is 0. The Morgan fingerprint density at radius 2 is 1.89 bits per heavy atom. The number of carbonyl (C=O) groups is 4. The Kier molecular flexibility index (Phi) is 10.7. The number of nitriles is 2. The van der Waals surface area contributed by atoms with E-state index < -0.39 is 36.8 Å². The Bertz CT molecular complexity index is 1820. The summed E-state index contributed by atoms with van der Waals surface area (Å²) in [5.41, 5.74) is 6.05. The number of aliphatic carboxylic acids is 1. The zero-order valence-electron chi connectivity index (χ0n) is 25.1. The number of hydrogen-bond donors (Lipinski definition) is 3. The number of fused-ring (bicyclic) bond motifs is 1. The average Bonchev–Trinajstić information content (AvgIpc) is 3.48. The fourth-order valence-corrected chi connectivity index (χ4v) is 4.90. The number of aromatic nitrogens is 4. The van der Waals surface area contributed by atoms with Crippen molar-refractivity contribution in [1.82, 2.24) is 24.5 Å². The molecule has 1 aliphatic rings. The third-order valence-electron chi connectivity index (χ3n) is 6.96. The molecular formula is C28H28ClN11O7. The number of nitrogens with zero attached hydrogens (tertiary/aromatic N) is 9. The molecule has 1 aliphatic heterocycles. The molecule has 0 spiro atoms. The van der Waals surface area contributed by atoms with Gasteiger partial charge in [0.1, 0.15) is 6.07 Å². The van der Waals surface area contributed by atoms with Crippen molar-refractivity contribution in [2.45, 2.75) is 19.9 Å². The summed E-state index contributed by atoms with van der Waals surface area (Å²) in [5.74, 6) is -3.17. The summed E-state index contributed by atoms with van der Waals surface area (Å²) in [6.07, 6.45) is 1.23. The molecule has 2 aromatic heterocycles. The smallest absolute Gasteiger partial charge is 0.424 e. The molecule has 4 rings (SSSR count). The number of carboxylic acids is 1. The summed E-state index contributed by atoms with van der Waals surface area (Å²) in [6.45, 7) is 4.60. The molecule has 47 heavy (non-hydrogen) atoms. The van der Waals surface area contributed by atoms with Gasteiger partial charge in [-0.15, -0.1) is 5.10 Å². The van der Waals surface area contributed by atoms with Crippen LogP contribution in [-0.4, -0.2) is 99.1 Å². The van der Waals surface area contributed by atoms with E-state index in [1.54, 1.807) is 13.8 Å². The molecule has 1 atom stereocenters. The van der Waals surface area contributed by atoms with Gasteiger partial charge in [0.15, 0.2) is 17.2 Å². The van der Waals surface area contributed by atoms with Gasteiger partial charge in [-0.2, -0.15) is 20.0 Å². The summed E-state index contributed by atoms with van der Waals surface area (Å²) < 4.78 is 11.1. The van der Waals surface area contributed by atoms with Crippen molar-refractivity contribution in [3.63, 3.8) is 0 Å². The minimum Gasteiger partial charge on any atom is -0.478 e. The van der Waals surface area contributed by atoms with E-state index in [9.17, 15) is 29.7 Å². The van der Waals surface area contributed by atoms with Crippen LogP contribution in [0.3, 0.4) is 0 Å². The number of carbonyl (C=O) groups excluding carboxylic acids is 3. The van der Waals surface area contributed by atoms with Crippen molar-refractivity contribution in [3.8, 4) is 12.1 Å². The Morgan fingerprint density at radius 3 is 2.51 bits per heavy atom. The third-order valence-corrected chi connectivity index (χ3v) is 7.34. The van der Waals surface area contributed by atoms with E-state index in [2.05, 4.69) is 20.4 Å². The van der Waals surface area contributed by atoms with E-state index in [1.807, 2.05) is 21.9 Å². The second-order valence-corrected chi connectivity index (χ2v) is 10.2. The molecule has 0 radical (unpaired) electrons. The number of hydrogen-bond acceptors (Lipinski definition) is 14. The van der Waals surface area contributed by atoms with Gasteiger partial charge in [0, 0.05) is 44.9 Å². The molecule has 1 saturated heterocycles. The number of rotatable bonds is 11. The van der Waals surface area contributed by atoms with Gasteiger partial charge in [-0.25, -0.2) is 24.3 Å². The molecule has 0 bridgehead atoms. The number of nitrogens with two attached hydrogens (primary N) is 1. The van der Waals surface area contributed by atoms with Gasteiger partial charge in [-0.3, -0.25) is 9.69 Å². The number of amides is 2. The first-order valence-electron chi connectivity index (χ1n) is 13.9. The van der Waals surface area contributed by atoms with Crippen molar-refractivity contribution in [2.75, 3.05) is 54.6 Å². The van der Waals surface area contributed by atoms with Gasteiger partial charge in [0.05, 0.1) is 40.3 Å². The van der Waals surface area contributed by atoms with Gasteiger partial charge in [0.2, 0.25) is 12.7 Å². The standard InChI is InChI=1S/C28H28ClN11O7/c1-3-33-25-26-34-14-18(13-31)40(26)36-27(35-25)39(28(45)47-15-46-22(43)5-4-21(41)42)20-11-17(12-30)10-19(23(20)29)38-8-6-37(7-9-38)16(2)24(32)44/h4-5,10-11,14,16H,3,6-9,15H2,1-2H3,(H2,32,44)(H,41,42)(H,33,35,36)/t16-/m0/s1. The predicted molar refractivity (Wildman–Crippen MR) is 165 cm³/mol. The van der Waals surface area contributed by atoms with E-state index in [-0.39, 0.29) is 39.4 Å². The van der Waals surface area contributed by atoms with Crippen LogP contribution in [0.15, 0.2) is 30.5 Å². The predicted octanol–water partition coefficient (Wildman–Crippen LogP) is 1.36. The molecule has 1 fully saturated rings. The van der Waals surface area contributed by atoms with Crippen LogP contribution in [0, 0.1) is 22.7 Å². The first-order chi connectivity index (χ1) is 22.5. The van der Waals surface area contributed by atoms with E-state index in [0.717, 1.165) is 9.42 Å². The minimum atomic E-state index is -1.39. The number of benzene rings is 1. The number of ether oxygens (including phenoxy) is 2. The molecule has 3 aromatic rings. The largest absolute Gasteiger partial charge is 0.478 e. The van der Waals surface area contributed by atoms with Crippen LogP contribution < -0.4 is 20.9 Å². The first-order valence-corrected chi connectivity index (χ1v) is 14.3. The zero-order valence-corrected chi connectivity index (χ0v) is 25.8. The maximum Gasteiger partial charge on any atom is 0.424 e. The second kappa shape index (κ2) is 14.9. The lowest BCUT2D eigenvalue weighted by atomic mass is 10.1. The SMILES string of the molecule is CCNc1nc(N(C(=O)OCOC(=O)C=CC(=O)O)c2cc(C#N)cc(N3CCN([C@@H](C)C(N)=O)CC3)c2Cl)nn2c(C#N)cnc12. The van der Waals surface area contributed by atoms with E-state index in [0.29, 0.717) is 50.6 Å². The summed E-state index contributed by atoms with van der Waals surface area (Å²) in [4.78, 5) is 61.2. The van der Waals surface area contributed by atoms with Crippen molar-refractivity contribution in [3.05, 3.63) is 46.8 Å². The summed E-state index contributed by atoms with van der Waals surface area (Å²) in [6, 6.07) is 6.35. The van der Waals surface area contributed by atoms with Crippen LogP contribution in [0.5, 0.6) is 0 Å². The second-order valence-electron chi connectivity index (χ2n) is 9.82. The molecule has 0 unspecified atom stereocenters. The number of esters is 1. The number of anilines is 4. The lowest BCUT2D eigenvalue weighted by Crippen LogP contribution is -2.53. The number of piperazine rings is 1. The van der Waals surface area contributed by atoms with Gasteiger partial charge >= 0.3 is 18.0 Å². The average molecular weight is 666 g/mol. The Hall–Kier alpha value is -5.98. The maximum absolute atomic E-state index is 13.7. The molecule has 19 heteroatoms. The number of primary amides is 1. The van der Waals surface area contributed by atoms with Crippen molar-refractivity contribution in [2.24, 2.45) is 5.73 Å². The highest BCUT2D eigenvalue weighted by Gasteiger charge is 2.31.